The first-order chi connectivity index (χ1) is 6.07. The molecule has 1 fully saturated rings. The maximum atomic E-state index is 12.6. The molecule has 9 heteroatoms. The molecule has 0 saturated carbocycles. The lowest BCUT2D eigenvalue weighted by Crippen LogP contribution is -2.54. The summed E-state index contributed by atoms with van der Waals surface area (Å²) in [4.78, 5) is 0. The average Bonchev–Trinajstić information content (AvgIpc) is 2.60. The molecule has 1 nitrogen and oxygen atoms in total. The van der Waals surface area contributed by atoms with Crippen LogP contribution in [0.3, 0.4) is 0 Å². The second-order valence-corrected chi connectivity index (χ2v) is 2.97. The lowest BCUT2D eigenvalue weighted by Gasteiger charge is -2.26. The molecule has 0 spiro atoms. The van der Waals surface area contributed by atoms with Crippen molar-refractivity contribution in [3.8, 4) is 0 Å². The Bertz CT molecular complexity index is 244. The molecule has 84 valence electrons. The van der Waals surface area contributed by atoms with Crippen LogP contribution >= 0.6 is 11.6 Å². The molecule has 0 aromatic heterocycles. The lowest BCUT2D eigenvalue weighted by atomic mass is 10.1. The minimum absolute atomic E-state index is 2.35. The Labute approximate surface area is 77.8 Å². The van der Waals surface area contributed by atoms with Crippen molar-refractivity contribution in [2.45, 2.75) is 29.7 Å². The Hall–Kier alpha value is -0.240. The molecule has 2 unspecified atom stereocenters. The van der Waals surface area contributed by atoms with Gasteiger partial charge in [-0.15, -0.1) is 0 Å². The van der Waals surface area contributed by atoms with Crippen molar-refractivity contribution in [1.29, 1.82) is 0 Å². The lowest BCUT2D eigenvalue weighted by molar-refractivity contribution is -0.306. The highest BCUT2D eigenvalue weighted by atomic mass is 35.5. The van der Waals surface area contributed by atoms with Crippen LogP contribution in [0.25, 0.3) is 0 Å². The summed E-state index contributed by atoms with van der Waals surface area (Å²) >= 11 is 4.63. The highest BCUT2D eigenvalue weighted by molar-refractivity contribution is 6.22. The van der Waals surface area contributed by atoms with Gasteiger partial charge in [-0.1, -0.05) is 11.6 Å². The van der Waals surface area contributed by atoms with E-state index in [2.05, 4.69) is 16.3 Å². The Morgan fingerprint density at radius 3 is 1.79 bits per heavy atom. The third-order valence-corrected chi connectivity index (χ3v) is 2.00. The summed E-state index contributed by atoms with van der Waals surface area (Å²) in [5, 5.41) is 0. The van der Waals surface area contributed by atoms with Crippen molar-refractivity contribution in [2.75, 3.05) is 0 Å². The molecule has 1 saturated heterocycles. The molecule has 0 amide bonds. The van der Waals surface area contributed by atoms with Crippen LogP contribution in [-0.2, 0) is 4.74 Å². The van der Waals surface area contributed by atoms with Crippen LogP contribution in [0, 0.1) is 0 Å². The topological polar surface area (TPSA) is 12.5 Å². The Morgan fingerprint density at radius 1 is 1.21 bits per heavy atom. The van der Waals surface area contributed by atoms with Crippen molar-refractivity contribution in [2.24, 2.45) is 0 Å². The molecule has 0 bridgehead atoms. The van der Waals surface area contributed by atoms with Gasteiger partial charge < -0.3 is 4.74 Å². The van der Waals surface area contributed by atoms with Gasteiger partial charge in [0.1, 0.15) is 0 Å². The van der Waals surface area contributed by atoms with Gasteiger partial charge in [0.05, 0.1) is 0 Å². The Morgan fingerprint density at radius 2 is 1.57 bits per heavy atom. The highest BCUT2D eigenvalue weighted by Gasteiger charge is 2.84. The van der Waals surface area contributed by atoms with Gasteiger partial charge in [-0.3, -0.25) is 0 Å². The van der Waals surface area contributed by atoms with Crippen molar-refractivity contribution in [1.82, 2.24) is 0 Å². The van der Waals surface area contributed by atoms with Crippen LogP contribution in [0.2, 0.25) is 0 Å². The number of alkyl halides is 8. The zero-order valence-electron chi connectivity index (χ0n) is 6.09. The number of epoxide rings is 1. The number of hydrogen-bond acceptors (Lipinski definition) is 1. The predicted octanol–water partition coefficient (Wildman–Crippen LogP) is 2.78. The summed E-state index contributed by atoms with van der Waals surface area (Å²) in [6.07, 6.45) is -4.71. The molecule has 0 radical (unpaired) electrons. The van der Waals surface area contributed by atoms with Crippen LogP contribution in [0.4, 0.5) is 30.7 Å². The summed E-state index contributed by atoms with van der Waals surface area (Å²) in [5.41, 5.74) is -2.35. The summed E-state index contributed by atoms with van der Waals surface area (Å²) in [6.45, 7) is 0. The standard InChI is InChI=1S/C5H2ClF7O/c6-1-4(11,14-1)5(12,13)3(9,10)2(7)8/h1-2H. The first-order valence-electron chi connectivity index (χ1n) is 3.12. The average molecular weight is 247 g/mol. The van der Waals surface area contributed by atoms with Crippen LogP contribution in [0.5, 0.6) is 0 Å². The summed E-state index contributed by atoms with van der Waals surface area (Å²) in [5.74, 6) is -15.7. The van der Waals surface area contributed by atoms with Crippen LogP contribution in [0.15, 0.2) is 0 Å². The fourth-order valence-electron chi connectivity index (χ4n) is 0.697. The molecule has 1 aliphatic heterocycles. The number of hydrogen-bond donors (Lipinski definition) is 0. The zero-order chi connectivity index (χ0) is 11.4. The SMILES string of the molecule is FC(F)C(F)(F)C(F)(F)C1(F)OC1Cl. The van der Waals surface area contributed by atoms with E-state index in [9.17, 15) is 30.7 Å². The molecular formula is C5H2ClF7O. The van der Waals surface area contributed by atoms with E-state index in [1.54, 1.807) is 0 Å². The van der Waals surface area contributed by atoms with Gasteiger partial charge in [0, 0.05) is 0 Å². The third kappa shape index (κ3) is 1.27. The molecule has 1 heterocycles. The van der Waals surface area contributed by atoms with Crippen LogP contribution in [-0.4, -0.2) is 29.7 Å². The fourth-order valence-corrected chi connectivity index (χ4v) is 0.964. The van der Waals surface area contributed by atoms with Crippen molar-refractivity contribution >= 4 is 11.6 Å². The molecule has 14 heavy (non-hydrogen) atoms. The predicted molar refractivity (Wildman–Crippen MR) is 30.5 cm³/mol. The maximum absolute atomic E-state index is 12.6. The quantitative estimate of drug-likeness (QED) is 0.424. The fraction of sp³-hybridized carbons (Fsp3) is 1.00. The first-order valence-corrected chi connectivity index (χ1v) is 3.55. The monoisotopic (exact) mass is 246 g/mol. The molecule has 0 aromatic rings. The van der Waals surface area contributed by atoms with E-state index in [1.165, 1.54) is 0 Å². The van der Waals surface area contributed by atoms with Gasteiger partial charge in [-0.2, -0.15) is 17.6 Å². The van der Waals surface area contributed by atoms with Gasteiger partial charge in [0.25, 0.3) is 0 Å². The molecular weight excluding hydrogens is 244 g/mol. The van der Waals surface area contributed by atoms with E-state index in [-0.39, 0.29) is 0 Å². The van der Waals surface area contributed by atoms with E-state index in [0.29, 0.717) is 0 Å². The Balaban J connectivity index is 2.96. The van der Waals surface area contributed by atoms with Crippen molar-refractivity contribution < 1.29 is 35.5 Å². The van der Waals surface area contributed by atoms with Crippen molar-refractivity contribution in [3.63, 3.8) is 0 Å². The van der Waals surface area contributed by atoms with Gasteiger partial charge in [0.2, 0.25) is 0 Å². The van der Waals surface area contributed by atoms with E-state index < -0.39 is 29.7 Å². The van der Waals surface area contributed by atoms with Gasteiger partial charge in [-0.25, -0.2) is 13.2 Å². The summed E-state index contributed by atoms with van der Waals surface area (Å²) < 4.78 is 88.2. The normalized spacial score (nSPS) is 33.6. The number of halogens is 8. The summed E-state index contributed by atoms with van der Waals surface area (Å²) in [7, 11) is 0. The minimum Gasteiger partial charge on any atom is -0.312 e. The second-order valence-electron chi connectivity index (χ2n) is 2.58. The molecule has 2 atom stereocenters. The number of rotatable bonds is 3. The molecule has 1 rings (SSSR count). The van der Waals surface area contributed by atoms with Gasteiger partial charge in [0.15, 0.2) is 5.56 Å². The van der Waals surface area contributed by atoms with E-state index in [0.717, 1.165) is 0 Å². The zero-order valence-corrected chi connectivity index (χ0v) is 6.84. The van der Waals surface area contributed by atoms with Crippen LogP contribution in [0.1, 0.15) is 0 Å². The third-order valence-electron chi connectivity index (χ3n) is 1.63. The second kappa shape index (κ2) is 2.88. The largest absolute Gasteiger partial charge is 0.377 e. The summed E-state index contributed by atoms with van der Waals surface area (Å²) in [6, 6.07) is 0. The molecule has 0 aromatic carbocycles. The van der Waals surface area contributed by atoms with E-state index >= 15 is 0 Å². The van der Waals surface area contributed by atoms with E-state index in [4.69, 9.17) is 0 Å². The van der Waals surface area contributed by atoms with E-state index in [1.807, 2.05) is 0 Å². The molecule has 0 N–H and O–H groups in total. The maximum Gasteiger partial charge on any atom is 0.377 e. The first kappa shape index (κ1) is 11.8. The van der Waals surface area contributed by atoms with Gasteiger partial charge in [-0.05, 0) is 0 Å². The highest BCUT2D eigenvalue weighted by Crippen LogP contribution is 2.58. The molecule has 0 aliphatic carbocycles. The van der Waals surface area contributed by atoms with Crippen LogP contribution < -0.4 is 0 Å². The smallest absolute Gasteiger partial charge is 0.312 e. The minimum atomic E-state index is -5.83. The molecule has 1 aliphatic rings. The van der Waals surface area contributed by atoms with Gasteiger partial charge >= 0.3 is 24.1 Å². The number of ether oxygens (including phenoxy) is 1. The Kier molecular flexibility index (Phi) is 2.43. The van der Waals surface area contributed by atoms with Crippen molar-refractivity contribution in [3.05, 3.63) is 0 Å².